The minimum atomic E-state index is -4.42. The van der Waals surface area contributed by atoms with E-state index in [0.29, 0.717) is 11.1 Å². The minimum absolute atomic E-state index is 0.00713. The summed E-state index contributed by atoms with van der Waals surface area (Å²) in [5.74, 6) is -0.338. The van der Waals surface area contributed by atoms with Crippen LogP contribution in [0.5, 0.6) is 0 Å². The summed E-state index contributed by atoms with van der Waals surface area (Å²) < 4.78 is 41.4. The van der Waals surface area contributed by atoms with Gasteiger partial charge in [-0.2, -0.15) is 18.3 Å². The fourth-order valence-corrected chi connectivity index (χ4v) is 3.80. The third kappa shape index (κ3) is 4.10. The second-order valence-corrected chi connectivity index (χ2v) is 7.45. The van der Waals surface area contributed by atoms with Crippen LogP contribution in [0.2, 0.25) is 0 Å². The highest BCUT2D eigenvalue weighted by molar-refractivity contribution is 5.75. The van der Waals surface area contributed by atoms with E-state index >= 15 is 0 Å². The van der Waals surface area contributed by atoms with Crippen LogP contribution in [0.1, 0.15) is 41.6 Å². The van der Waals surface area contributed by atoms with Gasteiger partial charge in [0.25, 0.3) is 5.56 Å². The van der Waals surface area contributed by atoms with Gasteiger partial charge in [0, 0.05) is 37.5 Å². The lowest BCUT2D eigenvalue weighted by Crippen LogP contribution is -2.28. The number of fused-ring (bicyclic) bond motifs is 3. The van der Waals surface area contributed by atoms with Gasteiger partial charge in [-0.05, 0) is 43.4 Å². The number of nitrogens with zero attached hydrogens (tertiary/aromatic N) is 3. The van der Waals surface area contributed by atoms with Gasteiger partial charge < -0.3 is 9.88 Å². The van der Waals surface area contributed by atoms with Crippen molar-refractivity contribution in [3.63, 3.8) is 0 Å². The molecule has 30 heavy (non-hydrogen) atoms. The van der Waals surface area contributed by atoms with E-state index < -0.39 is 11.7 Å². The fraction of sp³-hybridized carbons (Fsp3) is 0.381. The topological polar surface area (TPSA) is 68.4 Å². The van der Waals surface area contributed by atoms with Gasteiger partial charge in [-0.25, -0.2) is 4.52 Å². The van der Waals surface area contributed by atoms with Crippen molar-refractivity contribution >= 4 is 11.4 Å². The molecule has 1 amide bonds. The first-order valence-corrected chi connectivity index (χ1v) is 9.85. The van der Waals surface area contributed by atoms with Gasteiger partial charge in [-0.3, -0.25) is 9.59 Å². The third-order valence-electron chi connectivity index (χ3n) is 5.36. The van der Waals surface area contributed by atoms with Gasteiger partial charge in [0.1, 0.15) is 5.52 Å². The van der Waals surface area contributed by atoms with Crippen LogP contribution in [0.25, 0.3) is 5.52 Å². The van der Waals surface area contributed by atoms with Crippen LogP contribution in [0.3, 0.4) is 0 Å². The third-order valence-corrected chi connectivity index (χ3v) is 5.36. The molecule has 3 aromatic rings. The number of rotatable bonds is 5. The van der Waals surface area contributed by atoms with Crippen LogP contribution >= 0.6 is 0 Å². The number of hydrogen-bond acceptors (Lipinski definition) is 3. The predicted octanol–water partition coefficient (Wildman–Crippen LogP) is 3.10. The number of aromatic nitrogens is 3. The molecule has 0 saturated carbocycles. The molecule has 0 aliphatic heterocycles. The van der Waals surface area contributed by atoms with Crippen molar-refractivity contribution in [2.24, 2.45) is 0 Å². The zero-order valence-electron chi connectivity index (χ0n) is 16.2. The summed E-state index contributed by atoms with van der Waals surface area (Å²) in [6.07, 6.45) is 2.74. The van der Waals surface area contributed by atoms with E-state index in [1.54, 1.807) is 16.9 Å². The van der Waals surface area contributed by atoms with Crippen molar-refractivity contribution in [3.8, 4) is 0 Å². The Balaban J connectivity index is 1.40. The zero-order chi connectivity index (χ0) is 21.3. The molecule has 0 fully saturated rings. The van der Waals surface area contributed by atoms with E-state index in [1.165, 1.54) is 16.7 Å². The maximum absolute atomic E-state index is 12.8. The Hall–Kier alpha value is -3.10. The Bertz CT molecular complexity index is 1150. The quantitative estimate of drug-likeness (QED) is 0.692. The number of carbonyl (C=O) groups is 1. The van der Waals surface area contributed by atoms with Crippen LogP contribution in [-0.2, 0) is 36.9 Å². The smallest absolute Gasteiger partial charge is 0.352 e. The summed E-state index contributed by atoms with van der Waals surface area (Å²) in [4.78, 5) is 25.0. The van der Waals surface area contributed by atoms with Crippen molar-refractivity contribution in [2.75, 3.05) is 0 Å². The highest BCUT2D eigenvalue weighted by atomic mass is 19.4. The van der Waals surface area contributed by atoms with Crippen LogP contribution in [-0.4, -0.2) is 20.1 Å². The first-order chi connectivity index (χ1) is 14.3. The maximum atomic E-state index is 12.8. The molecule has 0 bridgehead atoms. The van der Waals surface area contributed by atoms with E-state index in [9.17, 15) is 22.8 Å². The molecule has 9 heteroatoms. The number of carbonyl (C=O) groups excluding carboxylic acids is 1. The van der Waals surface area contributed by atoms with Gasteiger partial charge in [0.2, 0.25) is 5.91 Å². The lowest BCUT2D eigenvalue weighted by molar-refractivity contribution is -0.137. The molecule has 1 aliphatic carbocycles. The average molecular weight is 418 g/mol. The highest BCUT2D eigenvalue weighted by Gasteiger charge is 2.30. The molecule has 2 aromatic heterocycles. The number of benzene rings is 1. The van der Waals surface area contributed by atoms with E-state index in [-0.39, 0.29) is 31.0 Å². The molecule has 158 valence electrons. The molecule has 0 spiro atoms. The number of aryl methyl sites for hydroxylation is 3. The van der Waals surface area contributed by atoms with Crippen LogP contribution in [0.15, 0.2) is 41.5 Å². The molecule has 1 aromatic carbocycles. The standard InChI is InChI=1S/C21H21F3N4O2/c22-21(23,24)15-5-3-4-14(12-15)13-25-18(29)8-9-27-10-11-28-19(20(27)30)16-6-1-2-7-17(16)26-28/h3-5,10-12H,1-2,6-9,13H2,(H,25,29). The highest BCUT2D eigenvalue weighted by Crippen LogP contribution is 2.29. The zero-order valence-corrected chi connectivity index (χ0v) is 16.2. The number of hydrogen-bond donors (Lipinski definition) is 1. The van der Waals surface area contributed by atoms with E-state index in [2.05, 4.69) is 10.4 Å². The number of nitrogens with one attached hydrogen (secondary N) is 1. The van der Waals surface area contributed by atoms with E-state index in [0.717, 1.165) is 49.1 Å². The summed E-state index contributed by atoms with van der Waals surface area (Å²) >= 11 is 0. The SMILES string of the molecule is O=C(CCn1ccn2nc3c(c2c1=O)CCCC3)NCc1cccc(C(F)(F)F)c1. The van der Waals surface area contributed by atoms with Crippen LogP contribution < -0.4 is 10.9 Å². The number of halogens is 3. The van der Waals surface area contributed by atoms with Crippen LogP contribution in [0.4, 0.5) is 13.2 Å². The van der Waals surface area contributed by atoms with Crippen molar-refractivity contribution < 1.29 is 18.0 Å². The molecule has 1 N–H and O–H groups in total. The summed E-state index contributed by atoms with van der Waals surface area (Å²) in [7, 11) is 0. The largest absolute Gasteiger partial charge is 0.416 e. The molecule has 1 aliphatic rings. The minimum Gasteiger partial charge on any atom is -0.352 e. The Morgan fingerprint density at radius 1 is 1.17 bits per heavy atom. The fourth-order valence-electron chi connectivity index (χ4n) is 3.80. The van der Waals surface area contributed by atoms with Gasteiger partial charge in [0.05, 0.1) is 11.3 Å². The molecular weight excluding hydrogens is 397 g/mol. The van der Waals surface area contributed by atoms with Crippen LogP contribution in [0, 0.1) is 0 Å². The first kappa shape index (κ1) is 20.2. The Morgan fingerprint density at radius 2 is 1.97 bits per heavy atom. The van der Waals surface area contributed by atoms with Crippen molar-refractivity contribution in [3.05, 3.63) is 69.4 Å². The van der Waals surface area contributed by atoms with Crippen molar-refractivity contribution in [1.29, 1.82) is 0 Å². The van der Waals surface area contributed by atoms with Gasteiger partial charge in [-0.1, -0.05) is 12.1 Å². The van der Waals surface area contributed by atoms with Crippen molar-refractivity contribution in [1.82, 2.24) is 19.5 Å². The summed E-state index contributed by atoms with van der Waals surface area (Å²) in [5.41, 5.74) is 1.96. The second kappa shape index (κ2) is 7.97. The molecule has 0 unspecified atom stereocenters. The van der Waals surface area contributed by atoms with Gasteiger partial charge >= 0.3 is 6.18 Å². The molecule has 2 heterocycles. The molecule has 4 rings (SSSR count). The Labute approximate surface area is 170 Å². The predicted molar refractivity (Wildman–Crippen MR) is 104 cm³/mol. The number of alkyl halides is 3. The second-order valence-electron chi connectivity index (χ2n) is 7.45. The maximum Gasteiger partial charge on any atom is 0.416 e. The summed E-state index contributed by atoms with van der Waals surface area (Å²) in [5, 5.41) is 7.09. The van der Waals surface area contributed by atoms with E-state index in [1.807, 2.05) is 0 Å². The monoisotopic (exact) mass is 418 g/mol. The first-order valence-electron chi connectivity index (χ1n) is 9.85. The normalized spacial score (nSPS) is 14.0. The Morgan fingerprint density at radius 3 is 2.77 bits per heavy atom. The molecular formula is C21H21F3N4O2. The van der Waals surface area contributed by atoms with Gasteiger partial charge in [-0.15, -0.1) is 0 Å². The lowest BCUT2D eigenvalue weighted by Gasteiger charge is -2.11. The average Bonchev–Trinajstić information content (AvgIpc) is 3.11. The summed E-state index contributed by atoms with van der Waals surface area (Å²) in [6.45, 7) is 0.177. The molecule has 6 nitrogen and oxygen atoms in total. The molecule has 0 radical (unpaired) electrons. The lowest BCUT2D eigenvalue weighted by atomic mass is 9.97. The molecule has 0 saturated heterocycles. The summed E-state index contributed by atoms with van der Waals surface area (Å²) in [6, 6.07) is 4.84. The van der Waals surface area contributed by atoms with E-state index in [4.69, 9.17) is 0 Å². The number of amides is 1. The molecule has 0 atom stereocenters. The van der Waals surface area contributed by atoms with Gasteiger partial charge in [0.15, 0.2) is 0 Å². The van der Waals surface area contributed by atoms with Crippen molar-refractivity contribution in [2.45, 2.75) is 51.4 Å². The Kier molecular flexibility index (Phi) is 5.36.